The maximum atomic E-state index is 11.4. The monoisotopic (exact) mass is 376 g/mol. The Balaban J connectivity index is 3.53. The molecule has 0 spiro atoms. The Labute approximate surface area is 164 Å². The maximum absolute atomic E-state index is 11.4. The smallest absolute Gasteiger partial charge is 0.305 e. The van der Waals surface area contributed by atoms with Crippen LogP contribution < -0.4 is 0 Å². The molecule has 0 aliphatic carbocycles. The Hall–Kier alpha value is -1.91. The quantitative estimate of drug-likeness (QED) is 0.231. The predicted octanol–water partition coefficient (Wildman–Crippen LogP) is 4.80. The summed E-state index contributed by atoms with van der Waals surface area (Å²) in [6.07, 6.45) is 27.4. The van der Waals surface area contributed by atoms with Crippen molar-refractivity contribution in [2.24, 2.45) is 0 Å². The second-order valence-corrected chi connectivity index (χ2v) is 6.12. The van der Waals surface area contributed by atoms with Gasteiger partial charge in [0.1, 0.15) is 12.7 Å². The third kappa shape index (κ3) is 20.3. The Morgan fingerprint density at radius 2 is 1.33 bits per heavy atom. The van der Waals surface area contributed by atoms with E-state index in [1.807, 2.05) is 0 Å². The van der Waals surface area contributed by atoms with Crippen LogP contribution in [0.25, 0.3) is 0 Å². The van der Waals surface area contributed by atoms with Crippen molar-refractivity contribution in [1.29, 1.82) is 0 Å². The lowest BCUT2D eigenvalue weighted by Gasteiger charge is -2.07. The number of hydrogen-bond donors (Lipinski definition) is 2. The van der Waals surface area contributed by atoms with E-state index in [-0.39, 0.29) is 12.6 Å². The molecule has 0 bridgehead atoms. The highest BCUT2D eigenvalue weighted by Crippen LogP contribution is 2.01. The third-order valence-electron chi connectivity index (χ3n) is 3.56. The third-order valence-corrected chi connectivity index (χ3v) is 3.56. The zero-order valence-electron chi connectivity index (χ0n) is 16.6. The number of esters is 1. The number of hydrogen-bond acceptors (Lipinski definition) is 4. The number of aliphatic hydroxyl groups excluding tert-OH is 2. The number of aliphatic hydroxyl groups is 2. The lowest BCUT2D eigenvalue weighted by molar-refractivity contribution is -0.147. The van der Waals surface area contributed by atoms with Crippen LogP contribution in [0.5, 0.6) is 0 Å². The van der Waals surface area contributed by atoms with Crippen molar-refractivity contribution in [3.8, 4) is 0 Å². The molecule has 4 heteroatoms. The molecule has 0 amide bonds. The molecule has 152 valence electrons. The van der Waals surface area contributed by atoms with Crippen molar-refractivity contribution >= 4 is 5.97 Å². The van der Waals surface area contributed by atoms with Crippen LogP contribution in [-0.2, 0) is 9.53 Å². The number of allylic oxidation sites excluding steroid dienone is 10. The molecule has 0 unspecified atom stereocenters. The van der Waals surface area contributed by atoms with Crippen molar-refractivity contribution < 1.29 is 19.7 Å². The molecule has 4 nitrogen and oxygen atoms in total. The van der Waals surface area contributed by atoms with E-state index in [0.717, 1.165) is 44.9 Å². The molecule has 0 rings (SSSR count). The lowest BCUT2D eigenvalue weighted by atomic mass is 10.2. The van der Waals surface area contributed by atoms with Gasteiger partial charge in [0.15, 0.2) is 0 Å². The molecule has 0 aliphatic heterocycles. The van der Waals surface area contributed by atoms with Gasteiger partial charge in [-0.05, 0) is 44.9 Å². The summed E-state index contributed by atoms with van der Waals surface area (Å²) in [7, 11) is 0. The van der Waals surface area contributed by atoms with Gasteiger partial charge in [-0.1, -0.05) is 67.7 Å². The number of carbonyl (C=O) groups excluding carboxylic acids is 1. The highest BCUT2D eigenvalue weighted by atomic mass is 16.5. The summed E-state index contributed by atoms with van der Waals surface area (Å²) in [5.41, 5.74) is 0. The minimum atomic E-state index is -0.986. The summed E-state index contributed by atoms with van der Waals surface area (Å²) in [5, 5.41) is 17.7. The van der Waals surface area contributed by atoms with E-state index in [0.29, 0.717) is 6.42 Å². The van der Waals surface area contributed by atoms with Gasteiger partial charge in [-0.25, -0.2) is 0 Å². The fraction of sp³-hybridized carbons (Fsp3) is 0.522. The molecule has 0 saturated carbocycles. The number of ether oxygens (including phenoxy) is 1. The van der Waals surface area contributed by atoms with Crippen molar-refractivity contribution in [2.75, 3.05) is 13.2 Å². The molecule has 0 heterocycles. The van der Waals surface area contributed by atoms with Gasteiger partial charge in [0, 0.05) is 6.42 Å². The van der Waals surface area contributed by atoms with Gasteiger partial charge in [-0.2, -0.15) is 0 Å². The fourth-order valence-corrected chi connectivity index (χ4v) is 2.05. The van der Waals surface area contributed by atoms with Crippen molar-refractivity contribution in [2.45, 2.75) is 64.4 Å². The fourth-order valence-electron chi connectivity index (χ4n) is 2.05. The van der Waals surface area contributed by atoms with Crippen LogP contribution in [0.15, 0.2) is 60.8 Å². The normalized spacial score (nSPS) is 13.7. The Morgan fingerprint density at radius 3 is 1.81 bits per heavy atom. The van der Waals surface area contributed by atoms with Gasteiger partial charge >= 0.3 is 5.97 Å². The summed E-state index contributed by atoms with van der Waals surface area (Å²) in [5.74, 6) is -0.338. The van der Waals surface area contributed by atoms with Gasteiger partial charge in [0.05, 0.1) is 6.61 Å². The van der Waals surface area contributed by atoms with Crippen LogP contribution >= 0.6 is 0 Å². The van der Waals surface area contributed by atoms with E-state index in [1.54, 1.807) is 0 Å². The summed E-state index contributed by atoms with van der Waals surface area (Å²) in [6, 6.07) is 0. The van der Waals surface area contributed by atoms with Gasteiger partial charge in [0.25, 0.3) is 0 Å². The maximum Gasteiger partial charge on any atom is 0.305 e. The summed E-state index contributed by atoms with van der Waals surface area (Å²) < 4.78 is 4.83. The molecule has 0 aromatic carbocycles. The van der Waals surface area contributed by atoms with Crippen LogP contribution in [0.2, 0.25) is 0 Å². The van der Waals surface area contributed by atoms with Crippen LogP contribution in [-0.4, -0.2) is 35.5 Å². The molecule has 0 aliphatic rings. The molecule has 27 heavy (non-hydrogen) atoms. The average molecular weight is 377 g/mol. The minimum Gasteiger partial charge on any atom is -0.463 e. The van der Waals surface area contributed by atoms with E-state index in [1.165, 1.54) is 0 Å². The molecule has 1 atom stereocenters. The molecular formula is C23H36O4. The zero-order chi connectivity index (χ0) is 20.0. The van der Waals surface area contributed by atoms with E-state index in [2.05, 4.69) is 67.7 Å². The molecule has 0 radical (unpaired) electrons. The van der Waals surface area contributed by atoms with Crippen molar-refractivity contribution in [3.05, 3.63) is 60.8 Å². The minimum absolute atomic E-state index is 0.142. The second kappa shape index (κ2) is 20.4. The van der Waals surface area contributed by atoms with Gasteiger partial charge < -0.3 is 14.9 Å². The summed E-state index contributed by atoms with van der Waals surface area (Å²) >= 11 is 0. The van der Waals surface area contributed by atoms with Crippen molar-refractivity contribution in [1.82, 2.24) is 0 Å². The molecule has 0 aromatic rings. The summed E-state index contributed by atoms with van der Waals surface area (Å²) in [4.78, 5) is 11.4. The first-order valence-electron chi connectivity index (χ1n) is 9.90. The van der Waals surface area contributed by atoms with E-state index >= 15 is 0 Å². The summed E-state index contributed by atoms with van der Waals surface area (Å²) in [6.45, 7) is 1.60. The van der Waals surface area contributed by atoms with E-state index < -0.39 is 12.7 Å². The first kappa shape index (κ1) is 25.1. The topological polar surface area (TPSA) is 66.8 Å². The molecule has 0 aromatic heterocycles. The predicted molar refractivity (Wildman–Crippen MR) is 112 cm³/mol. The van der Waals surface area contributed by atoms with E-state index in [4.69, 9.17) is 14.9 Å². The van der Waals surface area contributed by atoms with Crippen LogP contribution in [0.1, 0.15) is 58.3 Å². The molecule has 0 fully saturated rings. The average Bonchev–Trinajstić information content (AvgIpc) is 2.68. The SMILES string of the molecule is CC/C=C\C/C=C\C/C=C\C/C=C\C/C=C\CCCC(=O)OC[C@H](O)CO. The molecule has 2 N–H and O–H groups in total. The Morgan fingerprint density at radius 1 is 0.852 bits per heavy atom. The number of unbranched alkanes of at least 4 members (excludes halogenated alkanes) is 1. The van der Waals surface area contributed by atoms with Crippen LogP contribution in [0.4, 0.5) is 0 Å². The van der Waals surface area contributed by atoms with Gasteiger partial charge in [-0.3, -0.25) is 4.79 Å². The van der Waals surface area contributed by atoms with Crippen molar-refractivity contribution in [3.63, 3.8) is 0 Å². The largest absolute Gasteiger partial charge is 0.463 e. The molecule has 0 saturated heterocycles. The number of rotatable bonds is 16. The van der Waals surface area contributed by atoms with Crippen LogP contribution in [0, 0.1) is 0 Å². The second-order valence-electron chi connectivity index (χ2n) is 6.12. The van der Waals surface area contributed by atoms with E-state index in [9.17, 15) is 4.79 Å². The van der Waals surface area contributed by atoms with Crippen LogP contribution in [0.3, 0.4) is 0 Å². The van der Waals surface area contributed by atoms with Gasteiger partial charge in [0.2, 0.25) is 0 Å². The standard InChI is InChI=1S/C23H36O4/c1-2-3-4-5-6-7-8-9-10-11-12-13-14-15-16-17-18-19-23(26)27-21-22(25)20-24/h3-4,6-7,9-10,12-13,15-16,22,24-25H,2,5,8,11,14,17-21H2,1H3/b4-3-,7-6-,10-9-,13-12-,16-15-/t22-/m1/s1. The Bertz CT molecular complexity index is 487. The highest BCUT2D eigenvalue weighted by molar-refractivity contribution is 5.69. The lowest BCUT2D eigenvalue weighted by Crippen LogP contribution is -2.21. The molecular weight excluding hydrogens is 340 g/mol. The zero-order valence-corrected chi connectivity index (χ0v) is 16.6. The highest BCUT2D eigenvalue weighted by Gasteiger charge is 2.06. The van der Waals surface area contributed by atoms with Gasteiger partial charge in [-0.15, -0.1) is 0 Å². The Kier molecular flexibility index (Phi) is 19.0. The number of carbonyl (C=O) groups is 1. The first-order chi connectivity index (χ1) is 13.2. The first-order valence-corrected chi connectivity index (χ1v) is 9.90.